The van der Waals surface area contributed by atoms with Crippen molar-refractivity contribution in [2.75, 3.05) is 6.26 Å². The molecule has 3 aromatic rings. The average Bonchev–Trinajstić information content (AvgIpc) is 2.88. The van der Waals surface area contributed by atoms with Gasteiger partial charge in [-0.3, -0.25) is 4.99 Å². The summed E-state index contributed by atoms with van der Waals surface area (Å²) in [6.45, 7) is 0. The van der Waals surface area contributed by atoms with E-state index in [-0.39, 0.29) is 0 Å². The molecule has 0 atom stereocenters. The third kappa shape index (κ3) is 2.85. The predicted octanol–water partition coefficient (Wildman–Crippen LogP) is 4.77. The van der Waals surface area contributed by atoms with Crippen LogP contribution < -0.4 is 0 Å². The molecule has 3 rings (SSSR count). The molecule has 94 valence electrons. The molecule has 1 heterocycles. The fraction of sp³-hybridized carbons (Fsp3) is 0.0667. The van der Waals surface area contributed by atoms with E-state index in [0.717, 1.165) is 21.1 Å². The molecule has 0 saturated carbocycles. The second-order valence-corrected chi connectivity index (χ2v) is 6.09. The maximum atomic E-state index is 4.55. The smallest absolute Gasteiger partial charge is 0.150 e. The van der Waals surface area contributed by atoms with Crippen molar-refractivity contribution < 1.29 is 0 Å². The second-order valence-electron chi connectivity index (χ2n) is 4.00. The molecular formula is C15H12N2S2. The number of thiazole rings is 1. The highest BCUT2D eigenvalue weighted by molar-refractivity contribution is 8.00. The highest BCUT2D eigenvalue weighted by Crippen LogP contribution is 2.30. The molecule has 19 heavy (non-hydrogen) atoms. The first kappa shape index (κ1) is 12.4. The van der Waals surface area contributed by atoms with Gasteiger partial charge in [-0.05, 0) is 30.0 Å². The highest BCUT2D eigenvalue weighted by atomic mass is 32.2. The molecule has 1 aromatic heterocycles. The van der Waals surface area contributed by atoms with Gasteiger partial charge < -0.3 is 0 Å². The Morgan fingerprint density at radius 2 is 2.00 bits per heavy atom. The topological polar surface area (TPSA) is 25.2 Å². The largest absolute Gasteiger partial charge is 0.256 e. The van der Waals surface area contributed by atoms with Gasteiger partial charge in [0.25, 0.3) is 0 Å². The summed E-state index contributed by atoms with van der Waals surface area (Å²) >= 11 is 3.40. The van der Waals surface area contributed by atoms with Gasteiger partial charge in [0.05, 0.1) is 15.9 Å². The summed E-state index contributed by atoms with van der Waals surface area (Å²) in [7, 11) is 0. The lowest BCUT2D eigenvalue weighted by Crippen LogP contribution is -1.78. The Morgan fingerprint density at radius 1 is 1.16 bits per heavy atom. The monoisotopic (exact) mass is 284 g/mol. The number of fused-ring (bicyclic) bond motifs is 1. The maximum absolute atomic E-state index is 4.55. The van der Waals surface area contributed by atoms with E-state index < -0.39 is 0 Å². The SMILES string of the molecule is CSc1nc2cc(N=Cc3ccccc3)ccc2s1. The van der Waals surface area contributed by atoms with E-state index >= 15 is 0 Å². The molecule has 0 aliphatic rings. The summed E-state index contributed by atoms with van der Waals surface area (Å²) < 4.78 is 2.31. The molecule has 0 bridgehead atoms. The van der Waals surface area contributed by atoms with E-state index in [1.54, 1.807) is 23.1 Å². The lowest BCUT2D eigenvalue weighted by Gasteiger charge is -1.94. The van der Waals surface area contributed by atoms with Gasteiger partial charge in [0.1, 0.15) is 0 Å². The third-order valence-corrected chi connectivity index (χ3v) is 4.71. The molecule has 0 radical (unpaired) electrons. The van der Waals surface area contributed by atoms with E-state index in [1.807, 2.05) is 54.9 Å². The number of hydrogen-bond donors (Lipinski definition) is 0. The summed E-state index contributed by atoms with van der Waals surface area (Å²) in [4.78, 5) is 9.05. The van der Waals surface area contributed by atoms with Crippen molar-refractivity contribution >= 4 is 45.2 Å². The molecule has 2 aromatic carbocycles. The van der Waals surface area contributed by atoms with Gasteiger partial charge in [-0.25, -0.2) is 4.98 Å². The van der Waals surface area contributed by atoms with E-state index in [1.165, 1.54) is 4.70 Å². The minimum Gasteiger partial charge on any atom is -0.256 e. The van der Waals surface area contributed by atoms with Crippen molar-refractivity contribution in [3.8, 4) is 0 Å². The van der Waals surface area contributed by atoms with Crippen molar-refractivity contribution in [1.82, 2.24) is 4.98 Å². The molecule has 0 spiro atoms. The van der Waals surface area contributed by atoms with Crippen LogP contribution in [0.4, 0.5) is 5.69 Å². The van der Waals surface area contributed by atoms with Gasteiger partial charge in [0.15, 0.2) is 4.34 Å². The second kappa shape index (κ2) is 5.55. The van der Waals surface area contributed by atoms with Crippen molar-refractivity contribution in [2.45, 2.75) is 4.34 Å². The molecule has 0 aliphatic carbocycles. The van der Waals surface area contributed by atoms with Crippen molar-refractivity contribution in [3.63, 3.8) is 0 Å². The standard InChI is InChI=1S/C15H12N2S2/c1-18-15-17-13-9-12(7-8-14(13)19-15)16-10-11-5-3-2-4-6-11/h2-10H,1H3. The van der Waals surface area contributed by atoms with Crippen LogP contribution in [0.3, 0.4) is 0 Å². The van der Waals surface area contributed by atoms with Crippen molar-refractivity contribution in [2.24, 2.45) is 4.99 Å². The first-order valence-corrected chi connectivity index (χ1v) is 7.93. The van der Waals surface area contributed by atoms with Crippen LogP contribution in [0.1, 0.15) is 5.56 Å². The summed E-state index contributed by atoms with van der Waals surface area (Å²) in [6, 6.07) is 16.3. The van der Waals surface area contributed by atoms with Crippen LogP contribution >= 0.6 is 23.1 Å². The van der Waals surface area contributed by atoms with Crippen molar-refractivity contribution in [1.29, 1.82) is 0 Å². The Bertz CT molecular complexity index is 717. The molecule has 0 saturated heterocycles. The fourth-order valence-corrected chi connectivity index (χ4v) is 3.22. The molecule has 0 amide bonds. The minimum atomic E-state index is 0.939. The average molecular weight is 284 g/mol. The fourth-order valence-electron chi connectivity index (χ4n) is 1.75. The number of thioether (sulfide) groups is 1. The first-order valence-electron chi connectivity index (χ1n) is 5.89. The quantitative estimate of drug-likeness (QED) is 0.511. The van der Waals surface area contributed by atoms with Gasteiger partial charge in [-0.2, -0.15) is 0 Å². The number of rotatable bonds is 3. The first-order chi connectivity index (χ1) is 9.35. The molecule has 0 aliphatic heterocycles. The van der Waals surface area contributed by atoms with Crippen LogP contribution in [-0.4, -0.2) is 17.5 Å². The lowest BCUT2D eigenvalue weighted by molar-refractivity contribution is 1.31. The number of nitrogens with zero attached hydrogens (tertiary/aromatic N) is 2. The molecule has 0 fully saturated rings. The Hall–Kier alpha value is -1.65. The van der Waals surface area contributed by atoms with Gasteiger partial charge in [-0.1, -0.05) is 42.1 Å². The van der Waals surface area contributed by atoms with E-state index in [0.29, 0.717) is 0 Å². The van der Waals surface area contributed by atoms with Crippen LogP contribution in [0.15, 0.2) is 57.9 Å². The van der Waals surface area contributed by atoms with Gasteiger partial charge >= 0.3 is 0 Å². The van der Waals surface area contributed by atoms with Crippen LogP contribution in [0.5, 0.6) is 0 Å². The normalized spacial score (nSPS) is 11.4. The molecular weight excluding hydrogens is 272 g/mol. The summed E-state index contributed by atoms with van der Waals surface area (Å²) in [5, 5.41) is 0. The Balaban J connectivity index is 1.91. The highest BCUT2D eigenvalue weighted by Gasteiger charge is 2.02. The van der Waals surface area contributed by atoms with Gasteiger partial charge in [0, 0.05) is 6.21 Å². The lowest BCUT2D eigenvalue weighted by atomic mass is 10.2. The molecule has 0 unspecified atom stereocenters. The third-order valence-electron chi connectivity index (χ3n) is 2.69. The van der Waals surface area contributed by atoms with Crippen molar-refractivity contribution in [3.05, 3.63) is 54.1 Å². The van der Waals surface area contributed by atoms with Crippen LogP contribution in [0.2, 0.25) is 0 Å². The number of aromatic nitrogens is 1. The van der Waals surface area contributed by atoms with E-state index in [4.69, 9.17) is 0 Å². The Kier molecular flexibility index (Phi) is 3.62. The summed E-state index contributed by atoms with van der Waals surface area (Å²) in [5.74, 6) is 0. The zero-order chi connectivity index (χ0) is 13.1. The van der Waals surface area contributed by atoms with E-state index in [9.17, 15) is 0 Å². The number of benzene rings is 2. The molecule has 4 heteroatoms. The Morgan fingerprint density at radius 3 is 2.79 bits per heavy atom. The van der Waals surface area contributed by atoms with Crippen LogP contribution in [0.25, 0.3) is 10.2 Å². The zero-order valence-corrected chi connectivity index (χ0v) is 12.0. The predicted molar refractivity (Wildman–Crippen MR) is 85.1 cm³/mol. The number of aliphatic imine (C=N–C) groups is 1. The summed E-state index contributed by atoms with van der Waals surface area (Å²) in [6.07, 6.45) is 3.93. The zero-order valence-electron chi connectivity index (χ0n) is 10.4. The van der Waals surface area contributed by atoms with Crippen LogP contribution in [-0.2, 0) is 0 Å². The Labute approximate surface area is 120 Å². The van der Waals surface area contributed by atoms with Gasteiger partial charge in [-0.15, -0.1) is 11.3 Å². The van der Waals surface area contributed by atoms with E-state index in [2.05, 4.69) is 16.0 Å². The number of hydrogen-bond acceptors (Lipinski definition) is 4. The van der Waals surface area contributed by atoms with Crippen LogP contribution in [0, 0.1) is 0 Å². The minimum absolute atomic E-state index is 0.939. The summed E-state index contributed by atoms with van der Waals surface area (Å²) in [5.41, 5.74) is 3.07. The van der Waals surface area contributed by atoms with Gasteiger partial charge in [0.2, 0.25) is 0 Å². The molecule has 2 nitrogen and oxygen atoms in total. The molecule has 0 N–H and O–H groups in total. The maximum Gasteiger partial charge on any atom is 0.150 e.